The average molecular weight is 1490 g/mol. The second-order valence-electron chi connectivity index (χ2n) is 31.1. The lowest BCUT2D eigenvalue weighted by molar-refractivity contribution is -0.161. The molecule has 3 N–H and O–H groups in total. The molecule has 0 aliphatic heterocycles. The fourth-order valence-corrected chi connectivity index (χ4v) is 14.4. The molecule has 6 atom stereocenters. The molecule has 0 saturated carbocycles. The summed E-state index contributed by atoms with van der Waals surface area (Å²) in [7, 11) is -9.92. The van der Waals surface area contributed by atoms with Crippen molar-refractivity contribution in [3.8, 4) is 0 Å². The van der Waals surface area contributed by atoms with Crippen LogP contribution in [0.25, 0.3) is 0 Å². The van der Waals surface area contributed by atoms with Gasteiger partial charge in [0.1, 0.15) is 19.3 Å². The number of ether oxygens (including phenoxy) is 4. The quantitative estimate of drug-likeness (QED) is 0.0222. The van der Waals surface area contributed by atoms with Crippen LogP contribution in [0.4, 0.5) is 0 Å². The summed E-state index contributed by atoms with van der Waals surface area (Å²) in [6.45, 7) is 12.0. The summed E-state index contributed by atoms with van der Waals surface area (Å²) in [5.41, 5.74) is 0. The Kier molecular flexibility index (Phi) is 71.8. The van der Waals surface area contributed by atoms with Crippen LogP contribution in [0.5, 0.6) is 0 Å². The Morgan fingerprint density at radius 2 is 0.500 bits per heavy atom. The molecule has 0 aromatic rings. The summed E-state index contributed by atoms with van der Waals surface area (Å²) < 4.78 is 68.8. The van der Waals surface area contributed by atoms with E-state index in [1.807, 2.05) is 0 Å². The second kappa shape index (κ2) is 73.2. The van der Waals surface area contributed by atoms with E-state index >= 15 is 0 Å². The summed E-state index contributed by atoms with van der Waals surface area (Å²) in [5, 5.41) is 10.7. The third-order valence-electron chi connectivity index (χ3n) is 19.7. The molecule has 0 radical (unpaired) electrons. The van der Waals surface area contributed by atoms with Gasteiger partial charge in [-0.3, -0.25) is 37.3 Å². The lowest BCUT2D eigenvalue weighted by Crippen LogP contribution is -2.30. The van der Waals surface area contributed by atoms with Crippen molar-refractivity contribution in [2.75, 3.05) is 39.6 Å². The molecule has 17 nitrogen and oxygen atoms in total. The van der Waals surface area contributed by atoms with Crippen molar-refractivity contribution in [3.63, 3.8) is 0 Å². The number of carbonyl (C=O) groups excluding carboxylic acids is 4. The highest BCUT2D eigenvalue weighted by molar-refractivity contribution is 7.47. The van der Waals surface area contributed by atoms with Gasteiger partial charge in [0.2, 0.25) is 0 Å². The van der Waals surface area contributed by atoms with E-state index in [0.717, 1.165) is 108 Å². The van der Waals surface area contributed by atoms with Gasteiger partial charge in [-0.25, -0.2) is 9.13 Å². The van der Waals surface area contributed by atoms with E-state index in [2.05, 4.69) is 48.5 Å². The van der Waals surface area contributed by atoms with Gasteiger partial charge in [0.05, 0.1) is 26.4 Å². The lowest BCUT2D eigenvalue weighted by atomic mass is 9.99. The average Bonchev–Trinajstić information content (AvgIpc) is 0.910. The number of esters is 4. The van der Waals surface area contributed by atoms with E-state index in [0.29, 0.717) is 25.7 Å². The number of aliphatic hydroxyl groups excluding tert-OH is 1. The van der Waals surface area contributed by atoms with E-state index in [4.69, 9.17) is 37.0 Å². The molecule has 0 fully saturated rings. The molecule has 0 bridgehead atoms. The molecule has 0 spiro atoms. The molecule has 0 heterocycles. The molecule has 0 aromatic heterocycles. The van der Waals surface area contributed by atoms with E-state index < -0.39 is 97.5 Å². The molecule has 0 aliphatic rings. The molecule has 606 valence electrons. The normalized spacial score (nSPS) is 14.2. The minimum absolute atomic E-state index is 0.107. The van der Waals surface area contributed by atoms with Gasteiger partial charge in [-0.15, -0.1) is 0 Å². The highest BCUT2D eigenvalue weighted by atomic mass is 31.2. The van der Waals surface area contributed by atoms with E-state index in [-0.39, 0.29) is 25.7 Å². The number of unbranched alkanes of at least 4 members (excludes halogenated alkanes) is 48. The molecule has 3 unspecified atom stereocenters. The number of aliphatic hydroxyl groups is 1. The van der Waals surface area contributed by atoms with E-state index in [1.165, 1.54) is 244 Å². The van der Waals surface area contributed by atoms with Crippen molar-refractivity contribution in [2.45, 2.75) is 452 Å². The Morgan fingerprint density at radius 3 is 0.745 bits per heavy atom. The highest BCUT2D eigenvalue weighted by Crippen LogP contribution is 2.45. The fourth-order valence-electron chi connectivity index (χ4n) is 12.8. The van der Waals surface area contributed by atoms with Crippen LogP contribution >= 0.6 is 15.6 Å². The van der Waals surface area contributed by atoms with Crippen molar-refractivity contribution in [1.82, 2.24) is 0 Å². The van der Waals surface area contributed by atoms with Gasteiger partial charge in [-0.1, -0.05) is 382 Å². The Hall–Kier alpha value is -1.94. The van der Waals surface area contributed by atoms with Crippen LogP contribution < -0.4 is 0 Å². The van der Waals surface area contributed by atoms with Gasteiger partial charge < -0.3 is 33.8 Å². The van der Waals surface area contributed by atoms with Gasteiger partial charge >= 0.3 is 39.5 Å². The van der Waals surface area contributed by atoms with Crippen molar-refractivity contribution >= 4 is 39.5 Å². The SMILES string of the molecule is CCCCCCCCCCCCCCCCC(=O)O[C@H](COC(=O)CCCCCCCCCCC(C)C)COP(=O)(O)OC[C@H](O)COP(=O)(O)OC[C@@H](COC(=O)CCCCCCCCCCCCCCCCC(C)CC)OC(=O)CCCCCCCCCCCCCCCCCCC(C)C. The largest absolute Gasteiger partial charge is 0.472 e. The van der Waals surface area contributed by atoms with Crippen molar-refractivity contribution < 1.29 is 80.2 Å². The Morgan fingerprint density at radius 1 is 0.284 bits per heavy atom. The maximum absolute atomic E-state index is 13.1. The smallest absolute Gasteiger partial charge is 0.462 e. The van der Waals surface area contributed by atoms with Gasteiger partial charge in [-0.05, 0) is 43.4 Å². The van der Waals surface area contributed by atoms with Crippen molar-refractivity contribution in [2.24, 2.45) is 17.8 Å². The standard InChI is InChI=1S/C83H162O17P2/c1-8-10-11-12-13-14-15-16-25-31-36-45-52-59-66-82(87)100-79(71-94-81(86)65-58-51-44-39-38-41-48-55-62-75(5)6)73-98-102(91,92)96-69-77(84)68-95-101(89,90)97-72-78(70-93-80(85)64-57-50-43-35-30-26-22-21-24-29-34-42-49-56-63-76(7)9-2)99-83(88)67-60-53-46-37-32-27-20-18-17-19-23-28-33-40-47-54-61-74(3)4/h74-79,84H,8-73H2,1-7H3,(H,89,90)(H,91,92)/t76?,77-,78-,79-/m1/s1. The lowest BCUT2D eigenvalue weighted by Gasteiger charge is -2.21. The van der Waals surface area contributed by atoms with Gasteiger partial charge in [0.15, 0.2) is 12.2 Å². The summed E-state index contributed by atoms with van der Waals surface area (Å²) in [6, 6.07) is 0. The zero-order valence-electron chi connectivity index (χ0n) is 67.1. The van der Waals surface area contributed by atoms with E-state index in [9.17, 15) is 43.2 Å². The van der Waals surface area contributed by atoms with Gasteiger partial charge in [0.25, 0.3) is 0 Å². The number of hydrogen-bond acceptors (Lipinski definition) is 15. The third kappa shape index (κ3) is 74.9. The van der Waals surface area contributed by atoms with Gasteiger partial charge in [-0.2, -0.15) is 0 Å². The first kappa shape index (κ1) is 100. The van der Waals surface area contributed by atoms with Crippen LogP contribution in [-0.2, 0) is 65.4 Å². The Balaban J connectivity index is 5.25. The fraction of sp³-hybridized carbons (Fsp3) is 0.952. The summed E-state index contributed by atoms with van der Waals surface area (Å²) in [4.78, 5) is 73.1. The number of carbonyl (C=O) groups is 4. The maximum atomic E-state index is 13.1. The van der Waals surface area contributed by atoms with Crippen LogP contribution in [0.1, 0.15) is 434 Å². The number of hydrogen-bond donors (Lipinski definition) is 3. The van der Waals surface area contributed by atoms with Crippen LogP contribution in [0.3, 0.4) is 0 Å². The molecular weight excluding hydrogens is 1330 g/mol. The minimum Gasteiger partial charge on any atom is -0.462 e. The highest BCUT2D eigenvalue weighted by Gasteiger charge is 2.30. The zero-order chi connectivity index (χ0) is 75.1. The molecule has 0 saturated heterocycles. The van der Waals surface area contributed by atoms with E-state index in [1.54, 1.807) is 0 Å². The minimum atomic E-state index is -4.96. The summed E-state index contributed by atoms with van der Waals surface area (Å²) in [5.74, 6) is 0.278. The molecule has 0 amide bonds. The number of phosphoric acid groups is 2. The first-order chi connectivity index (χ1) is 49.3. The topological polar surface area (TPSA) is 237 Å². The zero-order valence-corrected chi connectivity index (χ0v) is 68.9. The molecule has 0 aliphatic carbocycles. The molecular formula is C83H162O17P2. The summed E-state index contributed by atoms with van der Waals surface area (Å²) >= 11 is 0. The monoisotopic (exact) mass is 1490 g/mol. The van der Waals surface area contributed by atoms with Crippen LogP contribution in [0.2, 0.25) is 0 Å². The molecule has 102 heavy (non-hydrogen) atoms. The predicted octanol–water partition coefficient (Wildman–Crippen LogP) is 24.9. The summed E-state index contributed by atoms with van der Waals surface area (Å²) in [6.07, 6.45) is 62.3. The van der Waals surface area contributed by atoms with Crippen molar-refractivity contribution in [1.29, 1.82) is 0 Å². The van der Waals surface area contributed by atoms with Gasteiger partial charge in [0, 0.05) is 25.7 Å². The number of rotatable bonds is 81. The Bertz CT molecular complexity index is 1980. The second-order valence-corrected chi connectivity index (χ2v) is 34.0. The van der Waals surface area contributed by atoms with Crippen LogP contribution in [0, 0.1) is 17.8 Å². The maximum Gasteiger partial charge on any atom is 0.472 e. The Labute approximate surface area is 626 Å². The third-order valence-corrected chi connectivity index (χ3v) is 21.6. The van der Waals surface area contributed by atoms with Crippen molar-refractivity contribution in [3.05, 3.63) is 0 Å². The molecule has 0 rings (SSSR count). The molecule has 0 aromatic carbocycles. The first-order valence-corrected chi connectivity index (χ1v) is 45.9. The van der Waals surface area contributed by atoms with Crippen LogP contribution in [-0.4, -0.2) is 96.7 Å². The van der Waals surface area contributed by atoms with Crippen LogP contribution in [0.15, 0.2) is 0 Å². The molecule has 19 heteroatoms. The first-order valence-electron chi connectivity index (χ1n) is 42.9. The predicted molar refractivity (Wildman–Crippen MR) is 418 cm³/mol. The number of phosphoric ester groups is 2.